The Morgan fingerprint density at radius 2 is 2.33 bits per heavy atom. The van der Waals surface area contributed by atoms with Gasteiger partial charge in [0.25, 0.3) is 0 Å². The van der Waals surface area contributed by atoms with Gasteiger partial charge >= 0.3 is 0 Å². The lowest BCUT2D eigenvalue weighted by Gasteiger charge is -2.20. The van der Waals surface area contributed by atoms with Crippen LogP contribution in [0.4, 0.5) is 0 Å². The van der Waals surface area contributed by atoms with E-state index in [1.165, 1.54) is 6.42 Å². The van der Waals surface area contributed by atoms with Crippen molar-refractivity contribution in [3.8, 4) is 6.07 Å². The van der Waals surface area contributed by atoms with Gasteiger partial charge in [0.15, 0.2) is 0 Å². The van der Waals surface area contributed by atoms with E-state index in [0.717, 1.165) is 41.9 Å². The van der Waals surface area contributed by atoms with Gasteiger partial charge in [0.05, 0.1) is 22.7 Å². The molecule has 0 amide bonds. The summed E-state index contributed by atoms with van der Waals surface area (Å²) in [5, 5.41) is 9.02. The molecule has 3 rings (SSSR count). The van der Waals surface area contributed by atoms with Crippen LogP contribution in [0, 0.1) is 18.3 Å². The zero-order valence-electron chi connectivity index (χ0n) is 10.4. The molecular formula is C14H15N3O. The SMILES string of the molecule is Cc1c(C#N)ccc2[nH]c(C3CCCCO3)nc12. The molecule has 4 nitrogen and oxygen atoms in total. The molecule has 1 fully saturated rings. The molecule has 92 valence electrons. The second-order valence-corrected chi connectivity index (χ2v) is 4.72. The zero-order chi connectivity index (χ0) is 12.5. The lowest BCUT2D eigenvalue weighted by Crippen LogP contribution is -2.12. The number of nitriles is 1. The number of aryl methyl sites for hydroxylation is 1. The molecule has 1 atom stereocenters. The summed E-state index contributed by atoms with van der Waals surface area (Å²) in [6.07, 6.45) is 3.42. The Morgan fingerprint density at radius 3 is 3.06 bits per heavy atom. The summed E-state index contributed by atoms with van der Waals surface area (Å²) in [4.78, 5) is 7.92. The summed E-state index contributed by atoms with van der Waals surface area (Å²) in [6.45, 7) is 2.75. The third kappa shape index (κ3) is 1.77. The number of nitrogens with one attached hydrogen (secondary N) is 1. The maximum Gasteiger partial charge on any atom is 0.136 e. The second kappa shape index (κ2) is 4.43. The highest BCUT2D eigenvalue weighted by atomic mass is 16.5. The van der Waals surface area contributed by atoms with Crippen LogP contribution < -0.4 is 0 Å². The van der Waals surface area contributed by atoms with Crippen molar-refractivity contribution in [3.05, 3.63) is 29.1 Å². The van der Waals surface area contributed by atoms with E-state index in [4.69, 9.17) is 10.00 Å². The van der Waals surface area contributed by atoms with Gasteiger partial charge in [-0.25, -0.2) is 4.98 Å². The summed E-state index contributed by atoms with van der Waals surface area (Å²) in [5.74, 6) is 0.892. The van der Waals surface area contributed by atoms with Crippen LogP contribution in [0.25, 0.3) is 11.0 Å². The molecule has 1 N–H and O–H groups in total. The lowest BCUT2D eigenvalue weighted by atomic mass is 10.1. The molecule has 2 heterocycles. The monoisotopic (exact) mass is 241 g/mol. The topological polar surface area (TPSA) is 61.7 Å². The van der Waals surface area contributed by atoms with Gasteiger partial charge in [0, 0.05) is 6.61 Å². The highest BCUT2D eigenvalue weighted by Crippen LogP contribution is 2.28. The molecule has 1 unspecified atom stereocenters. The standard InChI is InChI=1S/C14H15N3O/c1-9-10(8-15)5-6-11-13(9)17-14(16-11)12-4-2-3-7-18-12/h5-6,12H,2-4,7H2,1H3,(H,16,17). The Labute approximate surface area is 106 Å². The molecule has 0 aliphatic carbocycles. The highest BCUT2D eigenvalue weighted by molar-refractivity contribution is 5.81. The maximum absolute atomic E-state index is 9.02. The molecule has 4 heteroatoms. The fourth-order valence-electron chi connectivity index (χ4n) is 2.46. The zero-order valence-corrected chi connectivity index (χ0v) is 10.4. The number of aromatic amines is 1. The molecule has 0 spiro atoms. The smallest absolute Gasteiger partial charge is 0.136 e. The molecule has 1 aliphatic heterocycles. The van der Waals surface area contributed by atoms with Crippen LogP contribution >= 0.6 is 0 Å². The number of ether oxygens (including phenoxy) is 1. The number of hydrogen-bond acceptors (Lipinski definition) is 3. The van der Waals surface area contributed by atoms with Crippen molar-refractivity contribution >= 4 is 11.0 Å². The Kier molecular flexibility index (Phi) is 2.77. The van der Waals surface area contributed by atoms with Gasteiger partial charge < -0.3 is 9.72 Å². The third-order valence-corrected chi connectivity index (χ3v) is 3.53. The predicted octanol–water partition coefficient (Wildman–Crippen LogP) is 2.98. The fraction of sp³-hybridized carbons (Fsp3) is 0.429. The minimum atomic E-state index is 0.0797. The van der Waals surface area contributed by atoms with Gasteiger partial charge in [-0.2, -0.15) is 5.26 Å². The van der Waals surface area contributed by atoms with Crippen molar-refractivity contribution in [2.75, 3.05) is 6.61 Å². The molecule has 0 saturated carbocycles. The maximum atomic E-state index is 9.02. The van der Waals surface area contributed by atoms with Crippen LogP contribution in [0.1, 0.15) is 42.3 Å². The van der Waals surface area contributed by atoms with Gasteiger partial charge in [0.2, 0.25) is 0 Å². The van der Waals surface area contributed by atoms with Crippen LogP contribution in [0.2, 0.25) is 0 Å². The van der Waals surface area contributed by atoms with Crippen LogP contribution in [0.5, 0.6) is 0 Å². The van der Waals surface area contributed by atoms with Crippen molar-refractivity contribution in [1.82, 2.24) is 9.97 Å². The Hall–Kier alpha value is -1.86. The third-order valence-electron chi connectivity index (χ3n) is 3.53. The van der Waals surface area contributed by atoms with Crippen molar-refractivity contribution < 1.29 is 4.74 Å². The minimum absolute atomic E-state index is 0.0797. The first-order valence-corrected chi connectivity index (χ1v) is 6.30. The number of hydrogen-bond donors (Lipinski definition) is 1. The average molecular weight is 241 g/mol. The molecule has 1 aliphatic rings. The fourth-order valence-corrected chi connectivity index (χ4v) is 2.46. The Balaban J connectivity index is 2.05. The van der Waals surface area contributed by atoms with Crippen LogP contribution in [0.3, 0.4) is 0 Å². The van der Waals surface area contributed by atoms with E-state index in [1.807, 2.05) is 19.1 Å². The van der Waals surface area contributed by atoms with Gasteiger partial charge in [-0.15, -0.1) is 0 Å². The summed E-state index contributed by atoms with van der Waals surface area (Å²) < 4.78 is 5.73. The number of benzene rings is 1. The molecule has 1 aromatic carbocycles. The highest BCUT2D eigenvalue weighted by Gasteiger charge is 2.20. The molecule has 0 radical (unpaired) electrons. The van der Waals surface area contributed by atoms with Crippen molar-refractivity contribution in [2.24, 2.45) is 0 Å². The molecule has 2 aromatic rings. The summed E-state index contributed by atoms with van der Waals surface area (Å²) in [5.41, 5.74) is 3.49. The van der Waals surface area contributed by atoms with Crippen LogP contribution in [-0.4, -0.2) is 16.6 Å². The van der Waals surface area contributed by atoms with E-state index in [1.54, 1.807) is 0 Å². The number of imidazole rings is 1. The molecule has 0 bridgehead atoms. The van der Waals surface area contributed by atoms with E-state index in [-0.39, 0.29) is 6.10 Å². The number of H-pyrrole nitrogens is 1. The summed E-state index contributed by atoms with van der Waals surface area (Å²) in [7, 11) is 0. The Bertz CT molecular complexity index is 618. The average Bonchev–Trinajstić information content (AvgIpc) is 2.85. The van der Waals surface area contributed by atoms with Crippen LogP contribution in [0.15, 0.2) is 12.1 Å². The van der Waals surface area contributed by atoms with Crippen molar-refractivity contribution in [3.63, 3.8) is 0 Å². The summed E-state index contributed by atoms with van der Waals surface area (Å²) >= 11 is 0. The number of fused-ring (bicyclic) bond motifs is 1. The van der Waals surface area contributed by atoms with Crippen molar-refractivity contribution in [2.45, 2.75) is 32.3 Å². The van der Waals surface area contributed by atoms with Gasteiger partial charge in [-0.1, -0.05) is 0 Å². The number of aromatic nitrogens is 2. The first-order chi connectivity index (χ1) is 8.79. The largest absolute Gasteiger partial charge is 0.370 e. The van der Waals surface area contributed by atoms with Crippen LogP contribution in [-0.2, 0) is 4.74 Å². The normalized spacial score (nSPS) is 19.9. The minimum Gasteiger partial charge on any atom is -0.370 e. The first-order valence-electron chi connectivity index (χ1n) is 6.30. The molecular weight excluding hydrogens is 226 g/mol. The Morgan fingerprint density at radius 1 is 1.44 bits per heavy atom. The molecule has 1 aromatic heterocycles. The number of nitrogens with zero attached hydrogens (tertiary/aromatic N) is 2. The number of rotatable bonds is 1. The van der Waals surface area contributed by atoms with Gasteiger partial charge in [-0.05, 0) is 43.9 Å². The quantitative estimate of drug-likeness (QED) is 0.834. The molecule has 1 saturated heterocycles. The second-order valence-electron chi connectivity index (χ2n) is 4.72. The van der Waals surface area contributed by atoms with Gasteiger partial charge in [-0.3, -0.25) is 0 Å². The van der Waals surface area contributed by atoms with Gasteiger partial charge in [0.1, 0.15) is 11.9 Å². The van der Waals surface area contributed by atoms with E-state index >= 15 is 0 Å². The van der Waals surface area contributed by atoms with Crippen molar-refractivity contribution in [1.29, 1.82) is 5.26 Å². The van der Waals surface area contributed by atoms with E-state index in [9.17, 15) is 0 Å². The summed E-state index contributed by atoms with van der Waals surface area (Å²) in [6, 6.07) is 5.94. The first kappa shape index (κ1) is 11.2. The predicted molar refractivity (Wildman–Crippen MR) is 68.1 cm³/mol. The lowest BCUT2D eigenvalue weighted by molar-refractivity contribution is 0.0101. The van der Waals surface area contributed by atoms with E-state index < -0.39 is 0 Å². The van der Waals surface area contributed by atoms with E-state index in [0.29, 0.717) is 5.56 Å². The van der Waals surface area contributed by atoms with E-state index in [2.05, 4.69) is 16.0 Å². The molecule has 18 heavy (non-hydrogen) atoms.